The number of phenols is 2. The summed E-state index contributed by atoms with van der Waals surface area (Å²) in [6.45, 7) is 12.5. The number of aromatic hydroxyl groups is 2. The largest absolute Gasteiger partial charge is 0.507 e. The van der Waals surface area contributed by atoms with Gasteiger partial charge in [0.1, 0.15) is 18.0 Å². The quantitative estimate of drug-likeness (QED) is 0.120. The van der Waals surface area contributed by atoms with Crippen LogP contribution in [0.25, 0.3) is 0 Å². The van der Waals surface area contributed by atoms with Crippen LogP contribution in [-0.2, 0) is 86.9 Å². The maximum absolute atomic E-state index is 11.2. The molecular weight excluding hydrogens is 644 g/mol. The van der Waals surface area contributed by atoms with Crippen LogP contribution in [0, 0.1) is 13.8 Å². The zero-order valence-electron chi connectivity index (χ0n) is 31.2. The van der Waals surface area contributed by atoms with Crippen LogP contribution in [0.2, 0.25) is 0 Å². The van der Waals surface area contributed by atoms with Crippen LogP contribution in [0.15, 0.2) is 12.1 Å². The van der Waals surface area contributed by atoms with Crippen LogP contribution in [-0.4, -0.2) is 51.9 Å². The Labute approximate surface area is 301 Å². The first-order valence-corrected chi connectivity index (χ1v) is 18.7. The van der Waals surface area contributed by atoms with Gasteiger partial charge in [-0.05, 0) is 123 Å². The molecule has 0 unspecified atom stereocenters. The van der Waals surface area contributed by atoms with Crippen molar-refractivity contribution in [2.75, 3.05) is 0 Å². The third-order valence-electron chi connectivity index (χ3n) is 10.7. The first-order valence-electron chi connectivity index (χ1n) is 18.7. The van der Waals surface area contributed by atoms with Gasteiger partial charge >= 0.3 is 11.9 Å². The summed E-state index contributed by atoms with van der Waals surface area (Å²) >= 11 is 0. The summed E-state index contributed by atoms with van der Waals surface area (Å²) in [5.74, 6) is -0.754. The van der Waals surface area contributed by atoms with Gasteiger partial charge in [0.15, 0.2) is 0 Å². The molecule has 0 fully saturated rings. The molecule has 0 spiro atoms. The van der Waals surface area contributed by atoms with Crippen molar-refractivity contribution in [2.45, 2.75) is 138 Å². The Morgan fingerprint density at radius 3 is 1.49 bits per heavy atom. The lowest BCUT2D eigenvalue weighted by molar-refractivity contribution is -0.138. The predicted molar refractivity (Wildman–Crippen MR) is 197 cm³/mol. The molecule has 2 heterocycles. The molecule has 4 N–H and O–H groups in total. The standard InChI is InChI=1S/C21H28N2O3.C20H26N2O3/c1-4-18-17(19(5-2)23(22-18)10-9-20(24)25)12-14-11-13(3)21(26)16-8-6-7-15(14)16;1-4-17-16(18(5-2)22(21-17)11-19(23)24)10-13-9-12(3)20(25)15-8-6-7-14(13)15/h11,26H,4-10,12H2,1-3H3,(H,24,25);9,25H,4-8,10-11H2,1-3H3,(H,23,24). The Kier molecular flexibility index (Phi) is 11.9. The first kappa shape index (κ1) is 37.7. The molecular formula is C41H54N4O6. The molecule has 0 aliphatic heterocycles. The van der Waals surface area contributed by atoms with E-state index in [2.05, 4.69) is 38.0 Å². The summed E-state index contributed by atoms with van der Waals surface area (Å²) < 4.78 is 3.53. The van der Waals surface area contributed by atoms with Gasteiger partial charge in [0.2, 0.25) is 0 Å². The van der Waals surface area contributed by atoms with E-state index in [4.69, 9.17) is 15.3 Å². The van der Waals surface area contributed by atoms with Gasteiger partial charge in [0.05, 0.1) is 24.4 Å². The minimum atomic E-state index is -0.868. The molecule has 274 valence electrons. The number of hydrogen-bond acceptors (Lipinski definition) is 6. The maximum atomic E-state index is 11.2. The number of benzene rings is 2. The number of aliphatic carboxylic acids is 2. The van der Waals surface area contributed by atoms with E-state index in [0.29, 0.717) is 18.0 Å². The highest BCUT2D eigenvalue weighted by molar-refractivity contribution is 5.67. The highest BCUT2D eigenvalue weighted by Gasteiger charge is 2.25. The lowest BCUT2D eigenvalue weighted by Crippen LogP contribution is -2.13. The third-order valence-corrected chi connectivity index (χ3v) is 10.7. The summed E-state index contributed by atoms with van der Waals surface area (Å²) in [6, 6.07) is 4.21. The number of fused-ring (bicyclic) bond motifs is 2. The topological polar surface area (TPSA) is 151 Å². The Hall–Kier alpha value is -4.60. The number of rotatable bonds is 13. The van der Waals surface area contributed by atoms with E-state index in [-0.39, 0.29) is 13.0 Å². The number of phenolic OH excluding ortho intramolecular Hbond substituents is 2. The summed E-state index contributed by atoms with van der Waals surface area (Å²) in [5, 5.41) is 48.1. The fourth-order valence-electron chi connectivity index (χ4n) is 8.32. The molecule has 0 saturated carbocycles. The van der Waals surface area contributed by atoms with Crippen LogP contribution >= 0.6 is 0 Å². The van der Waals surface area contributed by atoms with Crippen molar-refractivity contribution >= 4 is 11.9 Å². The van der Waals surface area contributed by atoms with Crippen molar-refractivity contribution in [1.29, 1.82) is 0 Å². The molecule has 0 saturated heterocycles. The zero-order valence-corrected chi connectivity index (χ0v) is 31.2. The van der Waals surface area contributed by atoms with Crippen LogP contribution in [0.3, 0.4) is 0 Å². The van der Waals surface area contributed by atoms with Crippen LogP contribution in [0.5, 0.6) is 11.5 Å². The molecule has 0 atom stereocenters. The van der Waals surface area contributed by atoms with Gasteiger partial charge in [-0.2, -0.15) is 10.2 Å². The van der Waals surface area contributed by atoms with E-state index >= 15 is 0 Å². The molecule has 2 aliphatic rings. The molecule has 0 radical (unpaired) electrons. The fourth-order valence-corrected chi connectivity index (χ4v) is 8.32. The summed E-state index contributed by atoms with van der Waals surface area (Å²) in [6.07, 6.45) is 11.0. The predicted octanol–water partition coefficient (Wildman–Crippen LogP) is 6.76. The summed E-state index contributed by atoms with van der Waals surface area (Å²) in [7, 11) is 0. The molecule has 2 aromatic heterocycles. The highest BCUT2D eigenvalue weighted by atomic mass is 16.4. The van der Waals surface area contributed by atoms with Crippen molar-refractivity contribution in [2.24, 2.45) is 0 Å². The molecule has 4 aromatic rings. The average Bonchev–Trinajstić information content (AvgIpc) is 3.90. The van der Waals surface area contributed by atoms with E-state index in [0.717, 1.165) is 128 Å². The molecule has 2 aromatic carbocycles. The number of carboxylic acid groups (broad SMARTS) is 2. The monoisotopic (exact) mass is 698 g/mol. The molecule has 6 rings (SSSR count). The smallest absolute Gasteiger partial charge is 0.325 e. The van der Waals surface area contributed by atoms with Gasteiger partial charge in [-0.3, -0.25) is 19.0 Å². The number of aromatic nitrogens is 4. The number of nitrogens with zero attached hydrogens (tertiary/aromatic N) is 4. The molecule has 2 aliphatic carbocycles. The van der Waals surface area contributed by atoms with E-state index in [9.17, 15) is 19.8 Å². The number of aryl methyl sites for hydroxylation is 5. The van der Waals surface area contributed by atoms with E-state index < -0.39 is 11.9 Å². The highest BCUT2D eigenvalue weighted by Crippen LogP contribution is 2.38. The second kappa shape index (κ2) is 16.2. The lowest BCUT2D eigenvalue weighted by Gasteiger charge is -2.14. The average molecular weight is 699 g/mol. The van der Waals surface area contributed by atoms with Gasteiger partial charge in [-0.1, -0.05) is 39.8 Å². The van der Waals surface area contributed by atoms with Crippen LogP contribution in [0.1, 0.15) is 125 Å². The zero-order chi connectivity index (χ0) is 37.0. The molecule has 0 bridgehead atoms. The normalized spacial score (nSPS) is 13.2. The minimum absolute atomic E-state index is 0.0883. The Balaban J connectivity index is 0.000000198. The Bertz CT molecular complexity index is 1940. The van der Waals surface area contributed by atoms with Gasteiger partial charge in [0.25, 0.3) is 0 Å². The molecule has 10 nitrogen and oxygen atoms in total. The summed E-state index contributed by atoms with van der Waals surface area (Å²) in [5.41, 5.74) is 15.8. The van der Waals surface area contributed by atoms with Crippen molar-refractivity contribution in [3.05, 3.63) is 90.5 Å². The lowest BCUT2D eigenvalue weighted by atomic mass is 9.92. The number of carbonyl (C=O) groups is 2. The van der Waals surface area contributed by atoms with Crippen molar-refractivity contribution in [3.63, 3.8) is 0 Å². The molecule has 51 heavy (non-hydrogen) atoms. The van der Waals surface area contributed by atoms with Gasteiger partial charge in [-0.15, -0.1) is 0 Å². The fraction of sp³-hybridized carbons (Fsp3) is 0.512. The van der Waals surface area contributed by atoms with Gasteiger partial charge < -0.3 is 20.4 Å². The van der Waals surface area contributed by atoms with E-state index in [1.807, 2.05) is 25.5 Å². The number of hydrogen-bond donors (Lipinski definition) is 4. The van der Waals surface area contributed by atoms with Gasteiger partial charge in [-0.25, -0.2) is 0 Å². The van der Waals surface area contributed by atoms with Gasteiger partial charge in [0, 0.05) is 35.4 Å². The van der Waals surface area contributed by atoms with Crippen LogP contribution in [0.4, 0.5) is 0 Å². The first-order chi connectivity index (χ1) is 24.4. The second-order valence-electron chi connectivity index (χ2n) is 14.0. The number of carboxylic acids is 2. The minimum Gasteiger partial charge on any atom is -0.507 e. The second-order valence-corrected chi connectivity index (χ2v) is 14.0. The molecule has 10 heteroatoms. The Morgan fingerprint density at radius 2 is 1.08 bits per heavy atom. The third kappa shape index (κ3) is 7.85. The van der Waals surface area contributed by atoms with Crippen molar-refractivity contribution < 1.29 is 30.0 Å². The summed E-state index contributed by atoms with van der Waals surface area (Å²) in [4.78, 5) is 22.1. The Morgan fingerprint density at radius 1 is 0.647 bits per heavy atom. The van der Waals surface area contributed by atoms with E-state index in [1.54, 1.807) is 4.68 Å². The van der Waals surface area contributed by atoms with E-state index in [1.165, 1.54) is 27.8 Å². The maximum Gasteiger partial charge on any atom is 0.325 e. The van der Waals surface area contributed by atoms with Crippen molar-refractivity contribution in [1.82, 2.24) is 19.6 Å². The van der Waals surface area contributed by atoms with Crippen molar-refractivity contribution in [3.8, 4) is 11.5 Å². The molecule has 0 amide bonds. The van der Waals surface area contributed by atoms with Crippen LogP contribution < -0.4 is 0 Å². The SMILES string of the molecule is CCc1nn(CC(=O)O)c(CC)c1Cc1cc(C)c(O)c2c1CCC2.CCc1nn(CCC(=O)O)c(CC)c1Cc1cc(C)c(O)c2c1CCC2.